The Morgan fingerprint density at radius 2 is 2.00 bits per heavy atom. The maximum absolute atomic E-state index is 13.0. The van der Waals surface area contributed by atoms with Gasteiger partial charge in [-0.2, -0.15) is 0 Å². The van der Waals surface area contributed by atoms with Crippen molar-refractivity contribution in [1.82, 2.24) is 14.8 Å². The first-order chi connectivity index (χ1) is 10.1. The molecule has 2 aromatic rings. The zero-order valence-corrected chi connectivity index (χ0v) is 12.9. The zero-order chi connectivity index (χ0) is 15.0. The lowest BCUT2D eigenvalue weighted by atomic mass is 10.1. The van der Waals surface area contributed by atoms with E-state index in [9.17, 15) is 8.60 Å². The lowest BCUT2D eigenvalue weighted by Crippen LogP contribution is -2.11. The summed E-state index contributed by atoms with van der Waals surface area (Å²) < 4.78 is 27.7. The van der Waals surface area contributed by atoms with Gasteiger partial charge in [0, 0.05) is 13.0 Å². The lowest BCUT2D eigenvalue weighted by molar-refractivity contribution is 0.625. The van der Waals surface area contributed by atoms with E-state index in [2.05, 4.69) is 10.2 Å². The molecule has 1 aliphatic carbocycles. The van der Waals surface area contributed by atoms with Crippen LogP contribution in [0, 0.1) is 5.82 Å². The maximum atomic E-state index is 13.0. The molecule has 0 spiro atoms. The number of halogens is 1. The van der Waals surface area contributed by atoms with Crippen LogP contribution >= 0.6 is 0 Å². The van der Waals surface area contributed by atoms with Crippen LogP contribution in [0.15, 0.2) is 29.4 Å². The SMILES string of the molecule is CC[C@@H](c1ccc(F)cc1)[S@](=O)c1nnc(C2CC2)n1C. The number of nitrogens with zero attached hydrogens (tertiary/aromatic N) is 3. The second kappa shape index (κ2) is 5.67. The van der Waals surface area contributed by atoms with Crippen molar-refractivity contribution in [3.8, 4) is 0 Å². The predicted octanol–water partition coefficient (Wildman–Crippen LogP) is 3.09. The topological polar surface area (TPSA) is 47.8 Å². The molecule has 0 bridgehead atoms. The normalized spacial score (nSPS) is 17.7. The van der Waals surface area contributed by atoms with Crippen LogP contribution in [0.25, 0.3) is 0 Å². The molecule has 4 nitrogen and oxygen atoms in total. The lowest BCUT2D eigenvalue weighted by Gasteiger charge is -2.14. The van der Waals surface area contributed by atoms with Crippen molar-refractivity contribution in [1.29, 1.82) is 0 Å². The third-order valence-electron chi connectivity index (χ3n) is 3.86. The van der Waals surface area contributed by atoms with E-state index >= 15 is 0 Å². The fourth-order valence-corrected chi connectivity index (χ4v) is 3.96. The highest BCUT2D eigenvalue weighted by Gasteiger charge is 2.31. The molecule has 1 aliphatic rings. The summed E-state index contributed by atoms with van der Waals surface area (Å²) in [5.74, 6) is 1.11. The van der Waals surface area contributed by atoms with Gasteiger partial charge in [-0.25, -0.2) is 4.39 Å². The van der Waals surface area contributed by atoms with E-state index in [0.29, 0.717) is 17.5 Å². The highest BCUT2D eigenvalue weighted by Crippen LogP contribution is 2.39. The van der Waals surface area contributed by atoms with Crippen molar-refractivity contribution >= 4 is 10.8 Å². The van der Waals surface area contributed by atoms with E-state index < -0.39 is 10.8 Å². The molecule has 0 radical (unpaired) electrons. The second-order valence-electron chi connectivity index (χ2n) is 5.42. The van der Waals surface area contributed by atoms with Crippen LogP contribution in [0.3, 0.4) is 0 Å². The minimum atomic E-state index is -1.29. The van der Waals surface area contributed by atoms with Crippen molar-refractivity contribution in [2.24, 2.45) is 7.05 Å². The Kier molecular flexibility index (Phi) is 3.89. The molecule has 112 valence electrons. The van der Waals surface area contributed by atoms with E-state index in [4.69, 9.17) is 0 Å². The second-order valence-corrected chi connectivity index (χ2v) is 6.95. The van der Waals surface area contributed by atoms with Gasteiger partial charge in [-0.15, -0.1) is 10.2 Å². The van der Waals surface area contributed by atoms with E-state index in [-0.39, 0.29) is 11.1 Å². The molecule has 2 atom stereocenters. The summed E-state index contributed by atoms with van der Waals surface area (Å²) in [6, 6.07) is 6.20. The molecule has 1 aromatic heterocycles. The summed E-state index contributed by atoms with van der Waals surface area (Å²) in [7, 11) is 0.582. The summed E-state index contributed by atoms with van der Waals surface area (Å²) in [5, 5.41) is 8.62. The van der Waals surface area contributed by atoms with E-state index in [0.717, 1.165) is 24.2 Å². The van der Waals surface area contributed by atoms with Crippen molar-refractivity contribution < 1.29 is 8.60 Å². The Bertz CT molecular complexity index is 664. The first kappa shape index (κ1) is 14.4. The highest BCUT2D eigenvalue weighted by molar-refractivity contribution is 7.85. The minimum absolute atomic E-state index is 0.194. The molecule has 0 saturated heterocycles. The quantitative estimate of drug-likeness (QED) is 0.853. The first-order valence-electron chi connectivity index (χ1n) is 7.17. The molecule has 1 fully saturated rings. The van der Waals surface area contributed by atoms with Gasteiger partial charge >= 0.3 is 0 Å². The van der Waals surface area contributed by atoms with Crippen LogP contribution < -0.4 is 0 Å². The summed E-state index contributed by atoms with van der Waals surface area (Å²) in [6.45, 7) is 1.98. The molecular formula is C15H18FN3OS. The largest absolute Gasteiger partial charge is 0.307 e. The van der Waals surface area contributed by atoms with Gasteiger partial charge in [0.1, 0.15) is 11.6 Å². The molecule has 1 aromatic carbocycles. The molecule has 1 heterocycles. The number of rotatable bonds is 5. The Morgan fingerprint density at radius 1 is 1.33 bits per heavy atom. The summed E-state index contributed by atoms with van der Waals surface area (Å²) in [6.07, 6.45) is 2.96. The van der Waals surface area contributed by atoms with Crippen molar-refractivity contribution in [3.05, 3.63) is 41.5 Å². The third kappa shape index (κ3) is 2.77. The fraction of sp³-hybridized carbons (Fsp3) is 0.467. The molecule has 0 unspecified atom stereocenters. The van der Waals surface area contributed by atoms with Crippen LogP contribution in [0.2, 0.25) is 0 Å². The maximum Gasteiger partial charge on any atom is 0.222 e. The smallest absolute Gasteiger partial charge is 0.222 e. The molecule has 1 saturated carbocycles. The molecule has 3 rings (SSSR count). The average Bonchev–Trinajstić information content (AvgIpc) is 3.24. The van der Waals surface area contributed by atoms with Gasteiger partial charge in [-0.1, -0.05) is 19.1 Å². The predicted molar refractivity (Wildman–Crippen MR) is 78.8 cm³/mol. The molecular weight excluding hydrogens is 289 g/mol. The van der Waals surface area contributed by atoms with Crippen molar-refractivity contribution in [2.45, 2.75) is 42.5 Å². The average molecular weight is 307 g/mol. The monoisotopic (exact) mass is 307 g/mol. The van der Waals surface area contributed by atoms with Crippen LogP contribution in [0.1, 0.15) is 48.7 Å². The fourth-order valence-electron chi connectivity index (χ4n) is 2.51. The Hall–Kier alpha value is -1.56. The van der Waals surface area contributed by atoms with Gasteiger partial charge in [-0.05, 0) is 37.0 Å². The van der Waals surface area contributed by atoms with Gasteiger partial charge in [0.05, 0.1) is 16.0 Å². The van der Waals surface area contributed by atoms with Crippen LogP contribution in [0.4, 0.5) is 4.39 Å². The highest BCUT2D eigenvalue weighted by atomic mass is 32.2. The Labute approximate surface area is 125 Å². The molecule has 21 heavy (non-hydrogen) atoms. The van der Waals surface area contributed by atoms with Gasteiger partial charge in [0.2, 0.25) is 5.16 Å². The summed E-state index contributed by atoms with van der Waals surface area (Å²) in [4.78, 5) is 0. The number of benzene rings is 1. The van der Waals surface area contributed by atoms with Crippen molar-refractivity contribution in [3.63, 3.8) is 0 Å². The van der Waals surface area contributed by atoms with Gasteiger partial charge < -0.3 is 4.57 Å². The molecule has 0 aliphatic heterocycles. The minimum Gasteiger partial charge on any atom is -0.307 e. The Morgan fingerprint density at radius 3 is 2.57 bits per heavy atom. The van der Waals surface area contributed by atoms with Crippen LogP contribution in [-0.2, 0) is 17.8 Å². The number of hydrogen-bond acceptors (Lipinski definition) is 3. The zero-order valence-electron chi connectivity index (χ0n) is 12.1. The van der Waals surface area contributed by atoms with Crippen LogP contribution in [-0.4, -0.2) is 19.0 Å². The molecule has 6 heteroatoms. The van der Waals surface area contributed by atoms with Crippen LogP contribution in [0.5, 0.6) is 0 Å². The van der Waals surface area contributed by atoms with E-state index in [1.165, 1.54) is 12.1 Å². The van der Waals surface area contributed by atoms with Gasteiger partial charge in [0.15, 0.2) is 0 Å². The standard InChI is InChI=1S/C15H18FN3OS/c1-3-13(10-6-8-12(16)9-7-10)21(20)15-18-17-14(19(15)2)11-4-5-11/h6-9,11,13H,3-5H2,1-2H3/t13-,21-/m0/s1. The van der Waals surface area contributed by atoms with E-state index in [1.807, 2.05) is 18.5 Å². The number of hydrogen-bond donors (Lipinski definition) is 0. The first-order valence-corrected chi connectivity index (χ1v) is 8.38. The Balaban J connectivity index is 1.90. The number of aromatic nitrogens is 3. The molecule has 0 N–H and O–H groups in total. The molecule has 0 amide bonds. The summed E-state index contributed by atoms with van der Waals surface area (Å²) >= 11 is 0. The third-order valence-corrected chi connectivity index (χ3v) is 5.70. The van der Waals surface area contributed by atoms with Gasteiger partial charge in [-0.3, -0.25) is 4.21 Å². The van der Waals surface area contributed by atoms with E-state index in [1.54, 1.807) is 12.1 Å². The van der Waals surface area contributed by atoms with Crippen molar-refractivity contribution in [2.75, 3.05) is 0 Å². The summed E-state index contributed by atoms with van der Waals surface area (Å²) in [5.41, 5.74) is 0.869. The van der Waals surface area contributed by atoms with Gasteiger partial charge in [0.25, 0.3) is 0 Å².